The van der Waals surface area contributed by atoms with E-state index in [2.05, 4.69) is 5.16 Å². The van der Waals surface area contributed by atoms with Crippen molar-refractivity contribution in [3.8, 4) is 5.75 Å². The second kappa shape index (κ2) is 10.2. The number of carbonyl (C=O) groups is 2. The first kappa shape index (κ1) is 22.4. The molecule has 32 heavy (non-hydrogen) atoms. The van der Waals surface area contributed by atoms with E-state index in [0.717, 1.165) is 31.7 Å². The third-order valence-corrected chi connectivity index (χ3v) is 6.61. The van der Waals surface area contributed by atoms with Crippen LogP contribution in [0.3, 0.4) is 0 Å². The number of aryl methyl sites for hydroxylation is 2. The summed E-state index contributed by atoms with van der Waals surface area (Å²) >= 11 is 0. The molecule has 1 aromatic carbocycles. The van der Waals surface area contributed by atoms with E-state index in [9.17, 15) is 9.59 Å². The zero-order chi connectivity index (χ0) is 22.5. The molecule has 0 N–H and O–H groups in total. The number of benzene rings is 1. The fourth-order valence-electron chi connectivity index (χ4n) is 4.81. The lowest BCUT2D eigenvalue weighted by Gasteiger charge is -2.39. The number of ether oxygens (including phenoxy) is 1. The van der Waals surface area contributed by atoms with Crippen molar-refractivity contribution in [1.29, 1.82) is 0 Å². The number of likely N-dealkylation sites (tertiary alicyclic amines) is 2. The van der Waals surface area contributed by atoms with E-state index < -0.39 is 0 Å². The van der Waals surface area contributed by atoms with Gasteiger partial charge >= 0.3 is 0 Å². The monoisotopic (exact) mass is 439 g/mol. The van der Waals surface area contributed by atoms with Crippen LogP contribution in [0.2, 0.25) is 0 Å². The Labute approximate surface area is 189 Å². The molecule has 7 nitrogen and oxygen atoms in total. The lowest BCUT2D eigenvalue weighted by molar-refractivity contribution is -0.134. The highest BCUT2D eigenvalue weighted by molar-refractivity contribution is 5.96. The molecule has 2 aromatic rings. The number of piperidine rings is 2. The van der Waals surface area contributed by atoms with Gasteiger partial charge < -0.3 is 19.1 Å². The average Bonchev–Trinajstić information content (AvgIpc) is 3.21. The fourth-order valence-corrected chi connectivity index (χ4v) is 4.81. The second-order valence-electron chi connectivity index (χ2n) is 8.83. The molecule has 0 spiro atoms. The quantitative estimate of drug-likeness (QED) is 0.683. The van der Waals surface area contributed by atoms with Crippen LogP contribution in [0.5, 0.6) is 5.75 Å². The molecule has 172 valence electrons. The Balaban J connectivity index is 1.51. The SMILES string of the molecule is CCc1noc(C)c1C(=O)N1CC[C@H](Oc2ccccc2)[C@@H](CC(=O)N2CCCCC2)C1. The standard InChI is InChI=1S/C25H33N3O4/c1-3-21-24(18(2)32-26-21)25(30)28-15-12-22(31-20-10-6-4-7-11-20)19(17-28)16-23(29)27-13-8-5-9-14-27/h4,6-7,10-11,19,22H,3,5,8-9,12-17H2,1-2H3/t19-,22-/m0/s1. The minimum atomic E-state index is -0.107. The molecule has 0 bridgehead atoms. The van der Waals surface area contributed by atoms with Gasteiger partial charge in [-0.2, -0.15) is 0 Å². The molecule has 2 amide bonds. The molecule has 0 radical (unpaired) electrons. The molecule has 2 saturated heterocycles. The maximum atomic E-state index is 13.3. The molecule has 2 aliphatic rings. The highest BCUT2D eigenvalue weighted by atomic mass is 16.5. The van der Waals surface area contributed by atoms with E-state index in [0.29, 0.717) is 49.4 Å². The number of aromatic nitrogens is 1. The summed E-state index contributed by atoms with van der Waals surface area (Å²) in [5, 5.41) is 4.04. The summed E-state index contributed by atoms with van der Waals surface area (Å²) in [7, 11) is 0. The Bertz CT molecular complexity index is 921. The van der Waals surface area contributed by atoms with E-state index in [4.69, 9.17) is 9.26 Å². The molecule has 0 aliphatic carbocycles. The van der Waals surface area contributed by atoms with Gasteiger partial charge in [0.2, 0.25) is 5.91 Å². The van der Waals surface area contributed by atoms with Gasteiger partial charge in [-0.05, 0) is 44.7 Å². The Kier molecular flexibility index (Phi) is 7.12. The lowest BCUT2D eigenvalue weighted by atomic mass is 9.90. The molecule has 2 fully saturated rings. The Morgan fingerprint density at radius 3 is 2.56 bits per heavy atom. The third-order valence-electron chi connectivity index (χ3n) is 6.61. The maximum Gasteiger partial charge on any atom is 0.259 e. The van der Waals surface area contributed by atoms with Gasteiger partial charge in [-0.3, -0.25) is 9.59 Å². The third kappa shape index (κ3) is 4.97. The predicted molar refractivity (Wildman–Crippen MR) is 121 cm³/mol. The van der Waals surface area contributed by atoms with Gasteiger partial charge in [0.25, 0.3) is 5.91 Å². The Morgan fingerprint density at radius 2 is 1.84 bits per heavy atom. The van der Waals surface area contributed by atoms with Crippen molar-refractivity contribution in [2.45, 2.75) is 58.5 Å². The van der Waals surface area contributed by atoms with Crippen molar-refractivity contribution in [2.75, 3.05) is 26.2 Å². The number of nitrogens with zero attached hydrogens (tertiary/aromatic N) is 3. The average molecular weight is 440 g/mol. The number of hydrogen-bond donors (Lipinski definition) is 0. The van der Waals surface area contributed by atoms with Gasteiger partial charge in [0.1, 0.15) is 23.2 Å². The number of hydrogen-bond acceptors (Lipinski definition) is 5. The highest BCUT2D eigenvalue weighted by Crippen LogP contribution is 2.29. The van der Waals surface area contributed by atoms with E-state index >= 15 is 0 Å². The molecule has 0 saturated carbocycles. The molecule has 2 atom stereocenters. The van der Waals surface area contributed by atoms with Crippen LogP contribution in [-0.4, -0.2) is 59.1 Å². The van der Waals surface area contributed by atoms with Gasteiger partial charge in [-0.1, -0.05) is 30.3 Å². The predicted octanol–water partition coefficient (Wildman–Crippen LogP) is 3.86. The summed E-state index contributed by atoms with van der Waals surface area (Å²) in [5.41, 5.74) is 1.26. The van der Waals surface area contributed by atoms with Gasteiger partial charge in [0.15, 0.2) is 0 Å². The summed E-state index contributed by atoms with van der Waals surface area (Å²) in [6.45, 7) is 6.48. The molecule has 2 aliphatic heterocycles. The topological polar surface area (TPSA) is 75.9 Å². The van der Waals surface area contributed by atoms with Crippen molar-refractivity contribution in [3.63, 3.8) is 0 Å². The van der Waals surface area contributed by atoms with E-state index in [1.807, 2.05) is 47.1 Å². The Morgan fingerprint density at radius 1 is 1.09 bits per heavy atom. The molecule has 1 aromatic heterocycles. The zero-order valence-corrected chi connectivity index (χ0v) is 19.1. The second-order valence-corrected chi connectivity index (χ2v) is 8.83. The first-order valence-corrected chi connectivity index (χ1v) is 11.8. The van der Waals surface area contributed by atoms with Crippen LogP contribution < -0.4 is 4.74 Å². The van der Waals surface area contributed by atoms with Gasteiger partial charge in [0.05, 0.1) is 5.69 Å². The molecular formula is C25H33N3O4. The summed E-state index contributed by atoms with van der Waals surface area (Å²) in [6.07, 6.45) is 4.93. The minimum absolute atomic E-state index is 0.0609. The van der Waals surface area contributed by atoms with E-state index in [-0.39, 0.29) is 23.8 Å². The van der Waals surface area contributed by atoms with Gasteiger partial charge in [-0.15, -0.1) is 0 Å². The number of rotatable bonds is 6. The smallest absolute Gasteiger partial charge is 0.259 e. The van der Waals surface area contributed by atoms with Crippen LogP contribution in [-0.2, 0) is 11.2 Å². The largest absolute Gasteiger partial charge is 0.490 e. The maximum absolute atomic E-state index is 13.3. The molecule has 3 heterocycles. The summed E-state index contributed by atoms with van der Waals surface area (Å²) in [5.74, 6) is 1.40. The fraction of sp³-hybridized carbons (Fsp3) is 0.560. The molecular weight excluding hydrogens is 406 g/mol. The number of carbonyl (C=O) groups excluding carboxylic acids is 2. The summed E-state index contributed by atoms with van der Waals surface area (Å²) in [4.78, 5) is 30.2. The van der Waals surface area contributed by atoms with E-state index in [1.54, 1.807) is 6.92 Å². The Hall–Kier alpha value is -2.83. The van der Waals surface area contributed by atoms with Crippen LogP contribution in [0.1, 0.15) is 60.8 Å². The van der Waals surface area contributed by atoms with Crippen molar-refractivity contribution in [3.05, 3.63) is 47.3 Å². The van der Waals surface area contributed by atoms with Crippen molar-refractivity contribution in [2.24, 2.45) is 5.92 Å². The van der Waals surface area contributed by atoms with Crippen LogP contribution >= 0.6 is 0 Å². The molecule has 7 heteroatoms. The zero-order valence-electron chi connectivity index (χ0n) is 19.1. The minimum Gasteiger partial charge on any atom is -0.490 e. The number of para-hydroxylation sites is 1. The highest BCUT2D eigenvalue weighted by Gasteiger charge is 2.37. The number of amides is 2. The summed E-state index contributed by atoms with van der Waals surface area (Å²) in [6, 6.07) is 9.73. The van der Waals surface area contributed by atoms with Crippen LogP contribution in [0.4, 0.5) is 0 Å². The lowest BCUT2D eigenvalue weighted by Crippen LogP contribution is -2.50. The molecule has 0 unspecified atom stereocenters. The van der Waals surface area contributed by atoms with Crippen molar-refractivity contribution < 1.29 is 18.8 Å². The summed E-state index contributed by atoms with van der Waals surface area (Å²) < 4.78 is 11.6. The first-order chi connectivity index (χ1) is 15.6. The molecule has 4 rings (SSSR count). The van der Waals surface area contributed by atoms with Gasteiger partial charge in [-0.25, -0.2) is 0 Å². The van der Waals surface area contributed by atoms with Crippen LogP contribution in [0.15, 0.2) is 34.9 Å². The van der Waals surface area contributed by atoms with Crippen LogP contribution in [0.25, 0.3) is 0 Å². The van der Waals surface area contributed by atoms with Crippen LogP contribution in [0, 0.1) is 12.8 Å². The normalized spacial score (nSPS) is 21.4. The van der Waals surface area contributed by atoms with E-state index in [1.165, 1.54) is 6.42 Å². The van der Waals surface area contributed by atoms with Crippen molar-refractivity contribution in [1.82, 2.24) is 15.0 Å². The first-order valence-electron chi connectivity index (χ1n) is 11.8. The van der Waals surface area contributed by atoms with Crippen molar-refractivity contribution >= 4 is 11.8 Å². The van der Waals surface area contributed by atoms with Gasteiger partial charge in [0, 0.05) is 44.9 Å².